The highest BCUT2D eigenvalue weighted by Gasteiger charge is 2.15. The fourth-order valence-electron chi connectivity index (χ4n) is 3.80. The van der Waals surface area contributed by atoms with Crippen molar-refractivity contribution in [2.24, 2.45) is 0 Å². The molecule has 6 nitrogen and oxygen atoms in total. The minimum atomic E-state index is -0.925. The van der Waals surface area contributed by atoms with Crippen molar-refractivity contribution in [1.82, 2.24) is 14.5 Å². The highest BCUT2D eigenvalue weighted by Crippen LogP contribution is 2.32. The Labute approximate surface area is 172 Å². The molecule has 0 amide bonds. The van der Waals surface area contributed by atoms with Gasteiger partial charge in [-0.1, -0.05) is 12.1 Å². The van der Waals surface area contributed by atoms with Crippen LogP contribution in [0.5, 0.6) is 5.75 Å². The van der Waals surface area contributed by atoms with E-state index in [4.69, 9.17) is 9.84 Å². The monoisotopic (exact) mass is 397 g/mol. The minimum Gasteiger partial charge on any atom is -0.497 e. The van der Waals surface area contributed by atoms with Crippen LogP contribution in [0.3, 0.4) is 0 Å². The third kappa shape index (κ3) is 3.08. The number of benzene rings is 2. The number of pyridine rings is 1. The molecule has 0 aliphatic carbocycles. The predicted molar refractivity (Wildman–Crippen MR) is 116 cm³/mol. The summed E-state index contributed by atoms with van der Waals surface area (Å²) in [5.74, 6) is -0.123. The van der Waals surface area contributed by atoms with Gasteiger partial charge in [0, 0.05) is 29.0 Å². The van der Waals surface area contributed by atoms with Crippen LogP contribution in [0.1, 0.15) is 15.9 Å². The molecule has 0 aliphatic heterocycles. The number of H-pyrrole nitrogens is 1. The van der Waals surface area contributed by atoms with E-state index >= 15 is 0 Å². The van der Waals surface area contributed by atoms with Gasteiger partial charge in [-0.3, -0.25) is 0 Å². The van der Waals surface area contributed by atoms with Crippen LogP contribution in [0.25, 0.3) is 33.3 Å². The molecule has 2 N–H and O–H groups in total. The lowest BCUT2D eigenvalue weighted by Crippen LogP contribution is -2.03. The van der Waals surface area contributed by atoms with Crippen molar-refractivity contribution in [3.8, 4) is 17.1 Å². The molecule has 6 heteroatoms. The number of rotatable bonds is 5. The van der Waals surface area contributed by atoms with Crippen molar-refractivity contribution in [2.45, 2.75) is 6.54 Å². The Hall–Kier alpha value is -4.06. The summed E-state index contributed by atoms with van der Waals surface area (Å²) in [4.78, 5) is 19.0. The second-order valence-corrected chi connectivity index (χ2v) is 7.17. The Balaban J connectivity index is 1.66. The highest BCUT2D eigenvalue weighted by atomic mass is 16.5. The smallest absolute Gasteiger partial charge is 0.335 e. The van der Waals surface area contributed by atoms with Gasteiger partial charge in [0.2, 0.25) is 0 Å². The number of hydrogen-bond acceptors (Lipinski definition) is 3. The van der Waals surface area contributed by atoms with Gasteiger partial charge in [-0.25, -0.2) is 9.78 Å². The standard InChI is InChI=1S/C24H19N3O3/c1-30-19-8-9-21-18(11-19)13-22(20-12-17-3-2-10-25-23(17)26-20)27(21)14-15-4-6-16(7-5-15)24(28)29/h2-13H,14H2,1H3,(H,25,26)(H,28,29). The molecular weight excluding hydrogens is 378 g/mol. The first-order valence-electron chi connectivity index (χ1n) is 9.56. The summed E-state index contributed by atoms with van der Waals surface area (Å²) in [6.45, 7) is 0.605. The second kappa shape index (κ2) is 7.08. The zero-order chi connectivity index (χ0) is 20.7. The van der Waals surface area contributed by atoms with E-state index in [1.807, 2.05) is 42.5 Å². The van der Waals surface area contributed by atoms with E-state index in [0.717, 1.165) is 44.6 Å². The number of carbonyl (C=O) groups is 1. The average Bonchev–Trinajstić information content (AvgIpc) is 3.35. The SMILES string of the molecule is COc1ccc2c(c1)cc(-c1cc3cccnc3[nH]1)n2Cc1ccc(C(=O)O)cc1. The number of aromatic amines is 1. The molecule has 2 aromatic carbocycles. The van der Waals surface area contributed by atoms with Gasteiger partial charge in [-0.05, 0) is 60.2 Å². The molecule has 30 heavy (non-hydrogen) atoms. The largest absolute Gasteiger partial charge is 0.497 e. The number of fused-ring (bicyclic) bond motifs is 2. The molecule has 0 unspecified atom stereocenters. The Morgan fingerprint density at radius 1 is 1.07 bits per heavy atom. The van der Waals surface area contributed by atoms with Gasteiger partial charge in [0.15, 0.2) is 0 Å². The van der Waals surface area contributed by atoms with Crippen molar-refractivity contribution in [1.29, 1.82) is 0 Å². The van der Waals surface area contributed by atoms with Gasteiger partial charge in [0.1, 0.15) is 11.4 Å². The summed E-state index contributed by atoms with van der Waals surface area (Å²) in [6.07, 6.45) is 1.77. The van der Waals surface area contributed by atoms with Crippen LogP contribution in [0.2, 0.25) is 0 Å². The topological polar surface area (TPSA) is 80.1 Å². The summed E-state index contributed by atoms with van der Waals surface area (Å²) in [7, 11) is 1.66. The molecule has 0 atom stereocenters. The molecule has 3 aromatic heterocycles. The van der Waals surface area contributed by atoms with E-state index < -0.39 is 5.97 Å². The summed E-state index contributed by atoms with van der Waals surface area (Å²) in [5, 5.41) is 11.3. The maximum atomic E-state index is 11.2. The molecular formula is C24H19N3O3. The minimum absolute atomic E-state index is 0.280. The molecule has 0 fully saturated rings. The molecule has 5 rings (SSSR count). The molecule has 0 saturated carbocycles. The van der Waals surface area contributed by atoms with Crippen molar-refractivity contribution in [3.63, 3.8) is 0 Å². The fourth-order valence-corrected chi connectivity index (χ4v) is 3.80. The van der Waals surface area contributed by atoms with E-state index in [1.165, 1.54) is 0 Å². The van der Waals surface area contributed by atoms with Crippen LogP contribution in [-0.2, 0) is 6.54 Å². The summed E-state index contributed by atoms with van der Waals surface area (Å²) >= 11 is 0. The zero-order valence-electron chi connectivity index (χ0n) is 16.3. The molecule has 3 heterocycles. The number of ether oxygens (including phenoxy) is 1. The van der Waals surface area contributed by atoms with Crippen LogP contribution in [0.4, 0.5) is 0 Å². The highest BCUT2D eigenvalue weighted by molar-refractivity contribution is 5.90. The van der Waals surface area contributed by atoms with Crippen molar-refractivity contribution in [2.75, 3.05) is 7.11 Å². The number of aromatic carboxylic acids is 1. The zero-order valence-corrected chi connectivity index (χ0v) is 16.3. The lowest BCUT2D eigenvalue weighted by Gasteiger charge is -2.11. The maximum absolute atomic E-state index is 11.2. The Bertz CT molecular complexity index is 1350. The Kier molecular flexibility index (Phi) is 4.25. The number of hydrogen-bond donors (Lipinski definition) is 2. The molecule has 148 valence electrons. The quantitative estimate of drug-likeness (QED) is 0.440. The number of methoxy groups -OCH3 is 1. The van der Waals surface area contributed by atoms with Crippen LogP contribution < -0.4 is 4.74 Å². The van der Waals surface area contributed by atoms with Gasteiger partial charge in [-0.2, -0.15) is 0 Å². The molecule has 0 spiro atoms. The average molecular weight is 397 g/mol. The molecule has 0 aliphatic rings. The van der Waals surface area contributed by atoms with Crippen molar-refractivity contribution >= 4 is 27.9 Å². The van der Waals surface area contributed by atoms with Crippen molar-refractivity contribution < 1.29 is 14.6 Å². The van der Waals surface area contributed by atoms with Crippen molar-refractivity contribution in [3.05, 3.63) is 84.1 Å². The van der Waals surface area contributed by atoms with Crippen LogP contribution in [0.15, 0.2) is 72.9 Å². The summed E-state index contributed by atoms with van der Waals surface area (Å²) in [6, 6.07) is 21.2. The summed E-state index contributed by atoms with van der Waals surface area (Å²) in [5.41, 5.74) is 5.21. The van der Waals surface area contributed by atoms with Gasteiger partial charge in [0.05, 0.1) is 24.1 Å². The van der Waals surface area contributed by atoms with Gasteiger partial charge in [-0.15, -0.1) is 0 Å². The molecule has 0 radical (unpaired) electrons. The first-order valence-corrected chi connectivity index (χ1v) is 9.56. The Morgan fingerprint density at radius 2 is 1.90 bits per heavy atom. The molecule has 0 bridgehead atoms. The molecule has 5 aromatic rings. The normalized spacial score (nSPS) is 11.2. The van der Waals surface area contributed by atoms with E-state index in [2.05, 4.69) is 26.7 Å². The lowest BCUT2D eigenvalue weighted by atomic mass is 10.1. The third-order valence-electron chi connectivity index (χ3n) is 5.32. The fraction of sp³-hybridized carbons (Fsp3) is 0.0833. The van der Waals surface area contributed by atoms with Gasteiger partial charge in [0.25, 0.3) is 0 Å². The number of aromatic nitrogens is 3. The lowest BCUT2D eigenvalue weighted by molar-refractivity contribution is 0.0697. The maximum Gasteiger partial charge on any atom is 0.335 e. The van der Waals surface area contributed by atoms with Gasteiger partial charge >= 0.3 is 5.97 Å². The number of carboxylic acid groups (broad SMARTS) is 1. The number of carboxylic acids is 1. The Morgan fingerprint density at radius 3 is 2.63 bits per heavy atom. The summed E-state index contributed by atoms with van der Waals surface area (Å²) < 4.78 is 7.61. The number of nitrogens with zero attached hydrogens (tertiary/aromatic N) is 2. The first kappa shape index (κ1) is 18.0. The van der Waals surface area contributed by atoms with E-state index in [9.17, 15) is 4.79 Å². The second-order valence-electron chi connectivity index (χ2n) is 7.17. The van der Waals surface area contributed by atoms with Crippen LogP contribution in [0, 0.1) is 0 Å². The van der Waals surface area contributed by atoms with E-state index in [1.54, 1.807) is 25.4 Å². The van der Waals surface area contributed by atoms with E-state index in [0.29, 0.717) is 6.54 Å². The molecule has 0 saturated heterocycles. The third-order valence-corrected chi connectivity index (χ3v) is 5.32. The van der Waals surface area contributed by atoms with Crippen LogP contribution >= 0.6 is 0 Å². The predicted octanol–water partition coefficient (Wildman–Crippen LogP) is 4.94. The van der Waals surface area contributed by atoms with Gasteiger partial charge < -0.3 is 19.4 Å². The number of nitrogens with one attached hydrogen (secondary N) is 1. The first-order chi connectivity index (χ1) is 14.6. The van der Waals surface area contributed by atoms with E-state index in [-0.39, 0.29) is 5.56 Å². The van der Waals surface area contributed by atoms with Crippen LogP contribution in [-0.4, -0.2) is 32.7 Å².